The van der Waals surface area contributed by atoms with Crippen LogP contribution in [0.4, 0.5) is 0 Å². The van der Waals surface area contributed by atoms with E-state index in [1.165, 1.54) is 0 Å². The number of rotatable bonds is 5. The van der Waals surface area contributed by atoms with E-state index in [1.807, 2.05) is 25.1 Å². The second kappa shape index (κ2) is 4.94. The van der Waals surface area contributed by atoms with Gasteiger partial charge in [0.2, 0.25) is 0 Å². The van der Waals surface area contributed by atoms with Crippen LogP contribution >= 0.6 is 0 Å². The lowest BCUT2D eigenvalue weighted by atomic mass is 10.0. The van der Waals surface area contributed by atoms with Crippen molar-refractivity contribution in [2.45, 2.75) is 26.2 Å². The molecular formula is C16H19NO3. The number of carbonyl (C=O) groups is 1. The molecule has 1 aromatic heterocycles. The molecule has 0 atom stereocenters. The van der Waals surface area contributed by atoms with Gasteiger partial charge >= 0.3 is 0 Å². The van der Waals surface area contributed by atoms with Crippen LogP contribution in [0.15, 0.2) is 28.7 Å². The van der Waals surface area contributed by atoms with Crippen LogP contribution < -0.4 is 5.32 Å². The summed E-state index contributed by atoms with van der Waals surface area (Å²) in [6.45, 7) is 2.81. The number of carbonyl (C=O) groups excluding carboxylic acids is 1. The van der Waals surface area contributed by atoms with Gasteiger partial charge in [0.05, 0.1) is 0 Å². The van der Waals surface area contributed by atoms with Crippen LogP contribution in [-0.4, -0.2) is 24.2 Å². The number of fused-ring (bicyclic) bond motifs is 1. The van der Waals surface area contributed by atoms with E-state index in [9.17, 15) is 4.79 Å². The van der Waals surface area contributed by atoms with Crippen molar-refractivity contribution in [1.29, 1.82) is 0 Å². The Morgan fingerprint density at radius 3 is 2.90 bits per heavy atom. The summed E-state index contributed by atoms with van der Waals surface area (Å²) in [4.78, 5) is 12.1. The van der Waals surface area contributed by atoms with Gasteiger partial charge in [0.25, 0.3) is 5.91 Å². The van der Waals surface area contributed by atoms with Gasteiger partial charge in [-0.3, -0.25) is 4.79 Å². The lowest BCUT2D eigenvalue weighted by molar-refractivity contribution is 0.0915. The Hall–Kier alpha value is -1.81. The average molecular weight is 273 g/mol. The Bertz CT molecular complexity index is 640. The molecule has 2 aromatic rings. The van der Waals surface area contributed by atoms with E-state index < -0.39 is 0 Å². The van der Waals surface area contributed by atoms with Crippen LogP contribution in [0.5, 0.6) is 0 Å². The molecule has 1 amide bonds. The average Bonchev–Trinajstić information content (AvgIpc) is 3.06. The third kappa shape index (κ3) is 2.56. The zero-order valence-electron chi connectivity index (χ0n) is 11.6. The predicted octanol–water partition coefficient (Wildman–Crippen LogP) is 2.63. The Labute approximate surface area is 117 Å². The van der Waals surface area contributed by atoms with Crippen molar-refractivity contribution < 1.29 is 14.3 Å². The smallest absolute Gasteiger partial charge is 0.287 e. The first kappa shape index (κ1) is 13.2. The number of furan rings is 1. The van der Waals surface area contributed by atoms with Crippen molar-refractivity contribution in [1.82, 2.24) is 5.32 Å². The van der Waals surface area contributed by atoms with Gasteiger partial charge in [0.15, 0.2) is 5.76 Å². The second-order valence-corrected chi connectivity index (χ2v) is 5.81. The van der Waals surface area contributed by atoms with Crippen LogP contribution in [0, 0.1) is 12.3 Å². The largest absolute Gasteiger partial charge is 0.451 e. The van der Waals surface area contributed by atoms with Gasteiger partial charge in [-0.15, -0.1) is 0 Å². The monoisotopic (exact) mass is 273 g/mol. The summed E-state index contributed by atoms with van der Waals surface area (Å²) in [7, 11) is 0. The second-order valence-electron chi connectivity index (χ2n) is 5.81. The highest BCUT2D eigenvalue weighted by molar-refractivity contribution is 5.96. The molecule has 0 bridgehead atoms. The summed E-state index contributed by atoms with van der Waals surface area (Å²) in [5.74, 6) is 0.175. The summed E-state index contributed by atoms with van der Waals surface area (Å²) >= 11 is 0. The van der Waals surface area contributed by atoms with Gasteiger partial charge in [0, 0.05) is 18.5 Å². The number of aliphatic hydroxyl groups is 1. The molecule has 1 aliphatic carbocycles. The molecule has 1 heterocycles. The maximum absolute atomic E-state index is 12.1. The molecule has 3 rings (SSSR count). The highest BCUT2D eigenvalue weighted by atomic mass is 16.3. The maximum Gasteiger partial charge on any atom is 0.287 e. The summed E-state index contributed by atoms with van der Waals surface area (Å²) in [5, 5.41) is 12.9. The zero-order chi connectivity index (χ0) is 14.2. The molecule has 1 saturated carbocycles. The molecular weight excluding hydrogens is 254 g/mol. The Morgan fingerprint density at radius 1 is 1.40 bits per heavy atom. The van der Waals surface area contributed by atoms with Gasteiger partial charge in [-0.1, -0.05) is 11.6 Å². The minimum Gasteiger partial charge on any atom is -0.451 e. The number of amides is 1. The molecule has 0 aliphatic heterocycles. The van der Waals surface area contributed by atoms with Crippen molar-refractivity contribution in [2.24, 2.45) is 5.41 Å². The third-order valence-corrected chi connectivity index (χ3v) is 4.12. The van der Waals surface area contributed by atoms with Crippen molar-refractivity contribution in [3.8, 4) is 0 Å². The summed E-state index contributed by atoms with van der Waals surface area (Å²) in [5.41, 5.74) is 2.00. The van der Waals surface area contributed by atoms with Crippen LogP contribution in [0.25, 0.3) is 11.0 Å². The van der Waals surface area contributed by atoms with Crippen molar-refractivity contribution in [2.75, 3.05) is 13.2 Å². The number of benzene rings is 1. The number of aliphatic hydroxyl groups excluding tert-OH is 1. The standard InChI is InChI=1S/C16H19NO3/c1-11-2-3-13-12(8-11)9-14(20-13)15(19)17-10-16(4-5-16)6-7-18/h2-3,8-9,18H,4-7,10H2,1H3,(H,17,19). The number of hydrogen-bond acceptors (Lipinski definition) is 3. The van der Waals surface area contributed by atoms with Crippen LogP contribution in [-0.2, 0) is 0 Å². The first-order valence-electron chi connectivity index (χ1n) is 7.01. The van der Waals surface area contributed by atoms with Gasteiger partial charge < -0.3 is 14.8 Å². The third-order valence-electron chi connectivity index (χ3n) is 4.12. The zero-order valence-corrected chi connectivity index (χ0v) is 11.6. The van der Waals surface area contributed by atoms with Crippen LogP contribution in [0.3, 0.4) is 0 Å². The molecule has 1 aliphatic rings. The fraction of sp³-hybridized carbons (Fsp3) is 0.438. The first-order valence-corrected chi connectivity index (χ1v) is 7.01. The van der Waals surface area contributed by atoms with Gasteiger partial charge in [0.1, 0.15) is 5.58 Å². The van der Waals surface area contributed by atoms with E-state index >= 15 is 0 Å². The van der Waals surface area contributed by atoms with Crippen molar-refractivity contribution in [3.05, 3.63) is 35.6 Å². The molecule has 0 spiro atoms. The fourth-order valence-electron chi connectivity index (χ4n) is 2.56. The molecule has 106 valence electrons. The Morgan fingerprint density at radius 2 is 2.20 bits per heavy atom. The van der Waals surface area contributed by atoms with E-state index in [0.29, 0.717) is 12.3 Å². The quantitative estimate of drug-likeness (QED) is 0.880. The topological polar surface area (TPSA) is 62.5 Å². The molecule has 2 N–H and O–H groups in total. The number of nitrogens with one attached hydrogen (secondary N) is 1. The maximum atomic E-state index is 12.1. The van der Waals surface area contributed by atoms with Crippen molar-refractivity contribution in [3.63, 3.8) is 0 Å². The summed E-state index contributed by atoms with van der Waals surface area (Å²) < 4.78 is 5.57. The van der Waals surface area contributed by atoms with Gasteiger partial charge in [-0.05, 0) is 49.8 Å². The molecule has 4 heteroatoms. The molecule has 0 radical (unpaired) electrons. The molecule has 1 aromatic carbocycles. The molecule has 0 unspecified atom stereocenters. The number of hydrogen-bond donors (Lipinski definition) is 2. The Kier molecular flexibility index (Phi) is 3.26. The van der Waals surface area contributed by atoms with E-state index in [2.05, 4.69) is 5.32 Å². The van der Waals surface area contributed by atoms with Gasteiger partial charge in [-0.2, -0.15) is 0 Å². The van der Waals surface area contributed by atoms with E-state index in [1.54, 1.807) is 6.07 Å². The Balaban J connectivity index is 1.69. The van der Waals surface area contributed by atoms with Crippen LogP contribution in [0.2, 0.25) is 0 Å². The summed E-state index contributed by atoms with van der Waals surface area (Å²) in [6, 6.07) is 7.64. The van der Waals surface area contributed by atoms with Crippen LogP contribution in [0.1, 0.15) is 35.4 Å². The molecule has 20 heavy (non-hydrogen) atoms. The van der Waals surface area contributed by atoms with Crippen molar-refractivity contribution >= 4 is 16.9 Å². The minimum atomic E-state index is -0.178. The van der Waals surface area contributed by atoms with E-state index in [4.69, 9.17) is 9.52 Å². The highest BCUT2D eigenvalue weighted by Crippen LogP contribution is 2.47. The minimum absolute atomic E-state index is 0.118. The summed E-state index contributed by atoms with van der Waals surface area (Å²) in [6.07, 6.45) is 2.91. The normalized spacial score (nSPS) is 16.3. The molecule has 0 saturated heterocycles. The molecule has 4 nitrogen and oxygen atoms in total. The van der Waals surface area contributed by atoms with E-state index in [0.717, 1.165) is 35.8 Å². The SMILES string of the molecule is Cc1ccc2oc(C(=O)NCC3(CCO)CC3)cc2c1. The lowest BCUT2D eigenvalue weighted by Gasteiger charge is -2.13. The lowest BCUT2D eigenvalue weighted by Crippen LogP contribution is -2.30. The number of aryl methyl sites for hydroxylation is 1. The van der Waals surface area contributed by atoms with Gasteiger partial charge in [-0.25, -0.2) is 0 Å². The fourth-order valence-corrected chi connectivity index (χ4v) is 2.56. The predicted molar refractivity (Wildman–Crippen MR) is 76.7 cm³/mol. The van der Waals surface area contributed by atoms with E-state index in [-0.39, 0.29) is 17.9 Å². The molecule has 1 fully saturated rings. The highest BCUT2D eigenvalue weighted by Gasteiger charge is 2.42. The first-order chi connectivity index (χ1) is 9.62.